The number of hydrogen-bond donors (Lipinski definition) is 1. The Balaban J connectivity index is 3.20. The first-order chi connectivity index (χ1) is 5.95. The molecule has 2 N–H and O–H groups in total. The van der Waals surface area contributed by atoms with E-state index in [0.29, 0.717) is 0 Å². The third kappa shape index (κ3) is 1.68. The van der Waals surface area contributed by atoms with Crippen molar-refractivity contribution in [2.45, 2.75) is 33.7 Å². The zero-order valence-corrected chi connectivity index (χ0v) is 8.77. The van der Waals surface area contributed by atoms with Crippen LogP contribution in [0.25, 0.3) is 0 Å². The maximum Gasteiger partial charge on any atom is 0.106 e. The molecule has 0 saturated carbocycles. The molecule has 0 spiro atoms. The Morgan fingerprint density at radius 3 is 2.15 bits per heavy atom. The second kappa shape index (κ2) is 3.38. The number of hydrogen-bond acceptors (Lipinski definition) is 2. The van der Waals surface area contributed by atoms with Gasteiger partial charge in [-0.1, -0.05) is 12.2 Å². The molecule has 0 aliphatic rings. The monoisotopic (exact) mass is 179 g/mol. The van der Waals surface area contributed by atoms with Crippen molar-refractivity contribution in [3.05, 3.63) is 34.8 Å². The first-order valence-corrected chi connectivity index (χ1v) is 4.42. The molecule has 1 aromatic rings. The van der Waals surface area contributed by atoms with Crippen LogP contribution in [0.15, 0.2) is 16.6 Å². The molecule has 0 bridgehead atoms. The highest BCUT2D eigenvalue weighted by atomic mass is 16.3. The van der Waals surface area contributed by atoms with E-state index in [2.05, 4.69) is 6.58 Å². The maximum absolute atomic E-state index is 5.99. The minimum atomic E-state index is -0.0996. The molecule has 0 saturated heterocycles. The quantitative estimate of drug-likeness (QED) is 0.709. The second-order valence-corrected chi connectivity index (χ2v) is 3.58. The summed E-state index contributed by atoms with van der Waals surface area (Å²) in [5, 5.41) is 0. The fourth-order valence-corrected chi connectivity index (χ4v) is 1.51. The van der Waals surface area contributed by atoms with Crippen molar-refractivity contribution in [3.8, 4) is 0 Å². The van der Waals surface area contributed by atoms with Gasteiger partial charge in [0, 0.05) is 5.56 Å². The molecule has 1 atom stereocenters. The van der Waals surface area contributed by atoms with Crippen molar-refractivity contribution in [2.24, 2.45) is 5.73 Å². The van der Waals surface area contributed by atoms with Gasteiger partial charge in [-0.2, -0.15) is 0 Å². The Kier molecular flexibility index (Phi) is 2.62. The minimum absolute atomic E-state index is 0.0996. The predicted molar refractivity (Wildman–Crippen MR) is 54.7 cm³/mol. The molecule has 1 unspecified atom stereocenters. The summed E-state index contributed by atoms with van der Waals surface area (Å²) in [5.74, 6) is 1.86. The fourth-order valence-electron chi connectivity index (χ4n) is 1.51. The van der Waals surface area contributed by atoms with Crippen molar-refractivity contribution in [3.63, 3.8) is 0 Å². The molecule has 0 amide bonds. The molecular weight excluding hydrogens is 162 g/mol. The normalized spacial score (nSPS) is 13.0. The maximum atomic E-state index is 5.99. The van der Waals surface area contributed by atoms with Crippen LogP contribution in [0.2, 0.25) is 0 Å². The topological polar surface area (TPSA) is 39.2 Å². The van der Waals surface area contributed by atoms with E-state index in [-0.39, 0.29) is 6.04 Å². The zero-order chi connectivity index (χ0) is 10.2. The van der Waals surface area contributed by atoms with Gasteiger partial charge in [0.25, 0.3) is 0 Å². The summed E-state index contributed by atoms with van der Waals surface area (Å²) >= 11 is 0. The molecule has 0 aliphatic heterocycles. The van der Waals surface area contributed by atoms with Crippen LogP contribution < -0.4 is 5.73 Å². The highest BCUT2D eigenvalue weighted by Crippen LogP contribution is 2.28. The number of furan rings is 1. The van der Waals surface area contributed by atoms with E-state index in [1.165, 1.54) is 0 Å². The summed E-state index contributed by atoms with van der Waals surface area (Å²) in [6.07, 6.45) is 0. The van der Waals surface area contributed by atoms with E-state index in [1.807, 2.05) is 27.7 Å². The Morgan fingerprint density at radius 2 is 1.85 bits per heavy atom. The molecule has 0 aromatic carbocycles. The average Bonchev–Trinajstić information content (AvgIpc) is 2.26. The third-order valence-corrected chi connectivity index (χ3v) is 2.46. The molecule has 13 heavy (non-hydrogen) atoms. The number of aryl methyl sites for hydroxylation is 2. The Labute approximate surface area is 79.4 Å². The van der Waals surface area contributed by atoms with Crippen LogP contribution in [0.4, 0.5) is 0 Å². The van der Waals surface area contributed by atoms with Gasteiger partial charge >= 0.3 is 0 Å². The van der Waals surface area contributed by atoms with Gasteiger partial charge < -0.3 is 10.2 Å². The van der Waals surface area contributed by atoms with Crippen molar-refractivity contribution in [1.29, 1.82) is 0 Å². The molecule has 1 rings (SSSR count). The highest BCUT2D eigenvalue weighted by Gasteiger charge is 2.17. The van der Waals surface area contributed by atoms with Gasteiger partial charge in [0.2, 0.25) is 0 Å². The molecular formula is C11H17NO. The first kappa shape index (κ1) is 10.1. The summed E-state index contributed by atoms with van der Waals surface area (Å²) in [4.78, 5) is 0. The second-order valence-electron chi connectivity index (χ2n) is 3.58. The molecule has 2 nitrogen and oxygen atoms in total. The molecule has 1 heterocycles. The molecule has 0 aliphatic carbocycles. The molecule has 0 radical (unpaired) electrons. The van der Waals surface area contributed by atoms with Gasteiger partial charge in [-0.15, -0.1) is 0 Å². The van der Waals surface area contributed by atoms with Crippen LogP contribution >= 0.6 is 0 Å². The first-order valence-electron chi connectivity index (χ1n) is 4.42. The van der Waals surface area contributed by atoms with Crippen LogP contribution in [-0.4, -0.2) is 0 Å². The molecule has 1 aromatic heterocycles. The van der Waals surface area contributed by atoms with Crippen molar-refractivity contribution >= 4 is 0 Å². The van der Waals surface area contributed by atoms with Crippen LogP contribution in [0.1, 0.15) is 35.6 Å². The molecule has 72 valence electrons. The van der Waals surface area contributed by atoms with E-state index < -0.39 is 0 Å². The van der Waals surface area contributed by atoms with Gasteiger partial charge in [-0.3, -0.25) is 0 Å². The number of nitrogens with two attached hydrogens (primary N) is 1. The zero-order valence-electron chi connectivity index (χ0n) is 8.77. The lowest BCUT2D eigenvalue weighted by molar-refractivity contribution is 0.498. The van der Waals surface area contributed by atoms with Crippen molar-refractivity contribution < 1.29 is 4.42 Å². The molecule has 0 fully saturated rings. The largest absolute Gasteiger partial charge is 0.466 e. The SMILES string of the molecule is C=C(C)C(N)c1c(C)oc(C)c1C. The summed E-state index contributed by atoms with van der Waals surface area (Å²) < 4.78 is 5.50. The lowest BCUT2D eigenvalue weighted by Gasteiger charge is -2.11. The van der Waals surface area contributed by atoms with Gasteiger partial charge in [0.1, 0.15) is 11.5 Å². The summed E-state index contributed by atoms with van der Waals surface area (Å²) in [6.45, 7) is 11.7. The molecule has 2 heteroatoms. The average molecular weight is 179 g/mol. The van der Waals surface area contributed by atoms with E-state index in [9.17, 15) is 0 Å². The van der Waals surface area contributed by atoms with Crippen LogP contribution in [0.5, 0.6) is 0 Å². The van der Waals surface area contributed by atoms with E-state index >= 15 is 0 Å². The minimum Gasteiger partial charge on any atom is -0.466 e. The predicted octanol–water partition coefficient (Wildman–Crippen LogP) is 2.78. The Bertz CT molecular complexity index is 336. The smallest absolute Gasteiger partial charge is 0.106 e. The van der Waals surface area contributed by atoms with Gasteiger partial charge in [0.05, 0.1) is 6.04 Å². The van der Waals surface area contributed by atoms with Crippen molar-refractivity contribution in [1.82, 2.24) is 0 Å². The fraction of sp³-hybridized carbons (Fsp3) is 0.455. The van der Waals surface area contributed by atoms with Gasteiger partial charge in [-0.05, 0) is 33.3 Å². The van der Waals surface area contributed by atoms with Crippen LogP contribution in [0.3, 0.4) is 0 Å². The van der Waals surface area contributed by atoms with Gasteiger partial charge in [-0.25, -0.2) is 0 Å². The number of rotatable bonds is 2. The highest BCUT2D eigenvalue weighted by molar-refractivity contribution is 5.37. The van der Waals surface area contributed by atoms with E-state index in [0.717, 1.165) is 28.2 Å². The lowest BCUT2D eigenvalue weighted by Crippen LogP contribution is -2.12. The lowest BCUT2D eigenvalue weighted by atomic mass is 9.98. The standard InChI is InChI=1S/C11H17NO/c1-6(2)11(12)10-7(3)8(4)13-9(10)5/h11H,1,12H2,2-5H3. The van der Waals surface area contributed by atoms with E-state index in [1.54, 1.807) is 0 Å². The third-order valence-electron chi connectivity index (χ3n) is 2.46. The summed E-state index contributed by atoms with van der Waals surface area (Å²) in [7, 11) is 0. The van der Waals surface area contributed by atoms with E-state index in [4.69, 9.17) is 10.2 Å². The van der Waals surface area contributed by atoms with Gasteiger partial charge in [0.15, 0.2) is 0 Å². The van der Waals surface area contributed by atoms with Crippen LogP contribution in [-0.2, 0) is 0 Å². The van der Waals surface area contributed by atoms with Crippen LogP contribution in [0, 0.1) is 20.8 Å². The van der Waals surface area contributed by atoms with Crippen molar-refractivity contribution in [2.75, 3.05) is 0 Å². The Morgan fingerprint density at radius 1 is 1.31 bits per heavy atom. The summed E-state index contributed by atoms with van der Waals surface area (Å²) in [5.41, 5.74) is 9.19. The summed E-state index contributed by atoms with van der Waals surface area (Å²) in [6, 6.07) is -0.0996. The Hall–Kier alpha value is -1.02.